The van der Waals surface area contributed by atoms with Gasteiger partial charge in [0, 0.05) is 10.5 Å². The van der Waals surface area contributed by atoms with Crippen LogP contribution in [0.2, 0.25) is 0 Å². The van der Waals surface area contributed by atoms with Crippen LogP contribution >= 0.6 is 10.5 Å². The van der Waals surface area contributed by atoms with Gasteiger partial charge in [-0.25, -0.2) is 0 Å². The Bertz CT molecular complexity index is 940. The largest absolute Gasteiger partial charge is 0.299 e. The molecule has 2 heteroatoms. The lowest BCUT2D eigenvalue weighted by molar-refractivity contribution is 1.34. The molecule has 0 saturated heterocycles. The Morgan fingerprint density at radius 1 is 0.571 bits per heavy atom. The lowest BCUT2D eigenvalue weighted by Gasteiger charge is -2.03. The summed E-state index contributed by atoms with van der Waals surface area (Å²) in [6, 6.07) is 27.3. The van der Waals surface area contributed by atoms with Gasteiger partial charge in [-0.3, -0.25) is 5.41 Å². The number of nitrogens with one attached hydrogen (secondary N) is 1. The van der Waals surface area contributed by atoms with E-state index in [0.717, 1.165) is 10.8 Å². The molecule has 1 nitrogen and oxygen atoms in total. The molecule has 0 radical (unpaired) electrons. The molecule has 1 aromatic heterocycles. The predicted molar refractivity (Wildman–Crippen MR) is 91.1 cm³/mol. The van der Waals surface area contributed by atoms with Crippen molar-refractivity contribution in [1.82, 2.24) is 0 Å². The van der Waals surface area contributed by atoms with E-state index in [1.54, 1.807) is 0 Å². The molecule has 3 aromatic carbocycles. The van der Waals surface area contributed by atoms with Gasteiger partial charge in [-0.15, -0.1) is 0 Å². The predicted octanol–water partition coefficient (Wildman–Crippen LogP) is 5.21. The minimum absolute atomic E-state index is 0.119. The van der Waals surface area contributed by atoms with Crippen LogP contribution in [0.1, 0.15) is 0 Å². The van der Waals surface area contributed by atoms with E-state index in [-0.39, 0.29) is 10.5 Å². The van der Waals surface area contributed by atoms with E-state index in [0.29, 0.717) is 5.36 Å². The SMILES string of the molecule is N=c1c2ccccc2[s+](-c2ccccc2)c2ccccc12. The Kier molecular flexibility index (Phi) is 2.83. The molecule has 0 saturated carbocycles. The lowest BCUT2D eigenvalue weighted by Crippen LogP contribution is -2.02. The second kappa shape index (κ2) is 4.83. The lowest BCUT2D eigenvalue weighted by atomic mass is 10.2. The molecule has 100 valence electrons. The van der Waals surface area contributed by atoms with E-state index in [9.17, 15) is 0 Å². The zero-order valence-corrected chi connectivity index (χ0v) is 12.2. The van der Waals surface area contributed by atoms with Crippen molar-refractivity contribution in [2.75, 3.05) is 0 Å². The van der Waals surface area contributed by atoms with Gasteiger partial charge in [-0.05, 0) is 36.4 Å². The second-order valence-electron chi connectivity index (χ2n) is 4.99. The van der Waals surface area contributed by atoms with Gasteiger partial charge in [0.05, 0.1) is 16.1 Å². The van der Waals surface area contributed by atoms with Gasteiger partial charge in [0.2, 0.25) is 0 Å². The molecule has 0 aliphatic heterocycles. The van der Waals surface area contributed by atoms with Crippen LogP contribution in [-0.4, -0.2) is 0 Å². The highest BCUT2D eigenvalue weighted by Crippen LogP contribution is 2.42. The van der Waals surface area contributed by atoms with Gasteiger partial charge in [0.25, 0.3) is 0 Å². The maximum atomic E-state index is 8.51. The van der Waals surface area contributed by atoms with E-state index in [1.807, 2.05) is 12.1 Å². The fourth-order valence-electron chi connectivity index (χ4n) is 2.78. The molecule has 4 aromatic rings. The van der Waals surface area contributed by atoms with Gasteiger partial charge >= 0.3 is 0 Å². The van der Waals surface area contributed by atoms with E-state index < -0.39 is 0 Å². The number of rotatable bonds is 1. The first-order valence-electron chi connectivity index (χ1n) is 6.93. The average molecular weight is 288 g/mol. The number of fused-ring (bicyclic) bond motifs is 2. The molecule has 0 amide bonds. The number of benzene rings is 3. The molecule has 4 rings (SSSR count). The highest BCUT2D eigenvalue weighted by molar-refractivity contribution is 7.49. The molecule has 21 heavy (non-hydrogen) atoms. The topological polar surface area (TPSA) is 23.9 Å². The minimum atomic E-state index is -0.119. The van der Waals surface area contributed by atoms with Crippen LogP contribution in [0.5, 0.6) is 0 Å². The van der Waals surface area contributed by atoms with Crippen molar-refractivity contribution in [3.05, 3.63) is 84.2 Å². The van der Waals surface area contributed by atoms with Gasteiger partial charge in [0.15, 0.2) is 14.3 Å². The van der Waals surface area contributed by atoms with Crippen LogP contribution in [0.25, 0.3) is 25.1 Å². The fourth-order valence-corrected chi connectivity index (χ4v) is 5.16. The Hall–Kier alpha value is -2.45. The van der Waals surface area contributed by atoms with Crippen LogP contribution in [-0.2, 0) is 0 Å². The zero-order valence-electron chi connectivity index (χ0n) is 11.4. The Labute approximate surface area is 125 Å². The highest BCUT2D eigenvalue weighted by Gasteiger charge is 2.20. The molecule has 0 aliphatic carbocycles. The van der Waals surface area contributed by atoms with E-state index >= 15 is 0 Å². The molecule has 0 unspecified atom stereocenters. The van der Waals surface area contributed by atoms with Crippen molar-refractivity contribution >= 4 is 30.6 Å². The first kappa shape index (κ1) is 12.3. The summed E-state index contributed by atoms with van der Waals surface area (Å²) in [4.78, 5) is 1.31. The van der Waals surface area contributed by atoms with Crippen molar-refractivity contribution in [3.8, 4) is 4.90 Å². The smallest absolute Gasteiger partial charge is 0.189 e. The maximum absolute atomic E-state index is 8.51. The summed E-state index contributed by atoms with van der Waals surface area (Å²) >= 11 is 0. The Morgan fingerprint density at radius 3 is 1.62 bits per heavy atom. The molecule has 1 N–H and O–H groups in total. The average Bonchev–Trinajstić information content (AvgIpc) is 2.56. The summed E-state index contributed by atoms with van der Waals surface area (Å²) < 4.78 is 2.51. The normalized spacial score (nSPS) is 11.9. The zero-order chi connectivity index (χ0) is 14.2. The summed E-state index contributed by atoms with van der Waals surface area (Å²) in [5, 5.41) is 11.3. The van der Waals surface area contributed by atoms with Crippen LogP contribution in [0.3, 0.4) is 0 Å². The molecule has 1 heterocycles. The summed E-state index contributed by atoms with van der Waals surface area (Å²) in [6.45, 7) is 0. The third-order valence-electron chi connectivity index (χ3n) is 3.73. The van der Waals surface area contributed by atoms with Crippen molar-refractivity contribution in [3.63, 3.8) is 0 Å². The van der Waals surface area contributed by atoms with Gasteiger partial charge in [-0.1, -0.05) is 42.5 Å². The molecular formula is C19H14NS+. The van der Waals surface area contributed by atoms with Gasteiger partial charge in [0.1, 0.15) is 0 Å². The maximum Gasteiger partial charge on any atom is 0.189 e. The van der Waals surface area contributed by atoms with Crippen molar-refractivity contribution in [2.45, 2.75) is 0 Å². The van der Waals surface area contributed by atoms with Crippen molar-refractivity contribution in [1.29, 1.82) is 5.41 Å². The highest BCUT2D eigenvalue weighted by atomic mass is 32.2. The second-order valence-corrected chi connectivity index (χ2v) is 6.95. The first-order valence-corrected chi connectivity index (χ1v) is 8.15. The van der Waals surface area contributed by atoms with E-state index in [4.69, 9.17) is 5.41 Å². The third kappa shape index (κ3) is 1.88. The van der Waals surface area contributed by atoms with Crippen LogP contribution in [0.15, 0.2) is 78.9 Å². The molecule has 0 spiro atoms. The van der Waals surface area contributed by atoms with Crippen molar-refractivity contribution in [2.24, 2.45) is 0 Å². The van der Waals surface area contributed by atoms with Crippen LogP contribution in [0.4, 0.5) is 0 Å². The summed E-state index contributed by atoms with van der Waals surface area (Å²) in [6.07, 6.45) is 0. The van der Waals surface area contributed by atoms with Crippen LogP contribution in [0, 0.1) is 5.41 Å². The van der Waals surface area contributed by atoms with Crippen LogP contribution < -0.4 is 5.36 Å². The first-order chi connectivity index (χ1) is 10.4. The number of hydrogen-bond acceptors (Lipinski definition) is 1. The van der Waals surface area contributed by atoms with Gasteiger partial charge in [-0.2, -0.15) is 0 Å². The fraction of sp³-hybridized carbons (Fsp3) is 0. The molecular weight excluding hydrogens is 274 g/mol. The Morgan fingerprint density at radius 2 is 1.05 bits per heavy atom. The standard InChI is InChI=1S/C19H14NS/c20-19-15-10-4-6-12-17(15)21(14-8-2-1-3-9-14)18-13-7-5-11-16(18)19/h1-13,20H/q+1. The molecule has 0 aliphatic rings. The summed E-state index contributed by atoms with van der Waals surface area (Å²) in [5.74, 6) is 0. The third-order valence-corrected chi connectivity index (χ3v) is 6.07. The van der Waals surface area contributed by atoms with Crippen molar-refractivity contribution < 1.29 is 0 Å². The van der Waals surface area contributed by atoms with E-state index in [1.165, 1.54) is 14.3 Å². The molecule has 0 fully saturated rings. The molecule has 0 bridgehead atoms. The summed E-state index contributed by atoms with van der Waals surface area (Å²) in [5.41, 5.74) is 0. The van der Waals surface area contributed by atoms with Gasteiger partial charge < -0.3 is 0 Å². The molecule has 0 atom stereocenters. The van der Waals surface area contributed by atoms with E-state index in [2.05, 4.69) is 66.7 Å². The monoisotopic (exact) mass is 288 g/mol. The summed E-state index contributed by atoms with van der Waals surface area (Å²) in [7, 11) is -0.119. The Balaban J connectivity index is 2.31. The number of hydrogen-bond donors (Lipinski definition) is 1. The minimum Gasteiger partial charge on any atom is -0.299 e. The quantitative estimate of drug-likeness (QED) is 0.367.